The highest BCUT2D eigenvalue weighted by Gasteiger charge is 2.28. The zero-order chi connectivity index (χ0) is 19.3. The summed E-state index contributed by atoms with van der Waals surface area (Å²) < 4.78 is 38.2. The fourth-order valence-electron chi connectivity index (χ4n) is 1.75. The summed E-state index contributed by atoms with van der Waals surface area (Å²) in [5.74, 6) is -3.90. The minimum absolute atomic E-state index is 0.0837. The molecule has 136 valence electrons. The van der Waals surface area contributed by atoms with Crippen LogP contribution in [0.5, 0.6) is 0 Å². The Kier molecular flexibility index (Phi) is 5.45. The topological polar surface area (TPSA) is 133 Å². The fourth-order valence-corrected chi connectivity index (χ4v) is 1.75. The minimum atomic E-state index is -5.19. The van der Waals surface area contributed by atoms with E-state index in [9.17, 15) is 18.0 Å². The summed E-state index contributed by atoms with van der Waals surface area (Å²) in [5.41, 5.74) is 2.34. The van der Waals surface area contributed by atoms with Crippen molar-refractivity contribution in [1.82, 2.24) is 15.1 Å². The van der Waals surface area contributed by atoms with Crippen molar-refractivity contribution in [2.24, 2.45) is 0 Å². The highest BCUT2D eigenvalue weighted by Crippen LogP contribution is 2.23. The largest absolute Gasteiger partial charge is 0.542 e. The average molecular weight is 370 g/mol. The molecule has 3 aromatic heterocycles. The van der Waals surface area contributed by atoms with E-state index in [1.165, 1.54) is 6.20 Å². The van der Waals surface area contributed by atoms with Gasteiger partial charge in [-0.2, -0.15) is 17.7 Å². The van der Waals surface area contributed by atoms with Crippen molar-refractivity contribution in [1.29, 1.82) is 0 Å². The van der Waals surface area contributed by atoms with Gasteiger partial charge in [0.1, 0.15) is 11.7 Å². The summed E-state index contributed by atoms with van der Waals surface area (Å²) in [6, 6.07) is 3.52. The molecule has 12 heteroatoms. The number of aromatic nitrogens is 4. The van der Waals surface area contributed by atoms with Gasteiger partial charge in [-0.3, -0.25) is 0 Å². The van der Waals surface area contributed by atoms with Crippen molar-refractivity contribution in [2.45, 2.75) is 12.7 Å². The summed E-state index contributed by atoms with van der Waals surface area (Å²) in [6.45, 7) is -0.0837. The van der Waals surface area contributed by atoms with Crippen molar-refractivity contribution in [3.8, 4) is 11.3 Å². The molecule has 9 nitrogen and oxygen atoms in total. The first-order valence-electron chi connectivity index (χ1n) is 6.74. The zero-order valence-corrected chi connectivity index (χ0v) is 12.7. The van der Waals surface area contributed by atoms with E-state index in [-0.39, 0.29) is 6.54 Å². The first-order valence-corrected chi connectivity index (χ1v) is 6.74. The number of fused-ring (bicyclic) bond motifs is 1. The molecule has 0 bridgehead atoms. The molecule has 0 aliphatic heterocycles. The molecule has 0 saturated heterocycles. The molecule has 0 saturated carbocycles. The smallest absolute Gasteiger partial charge is 0.430 e. The number of carbonyl (C=O) groups excluding carboxylic acids is 1. The van der Waals surface area contributed by atoms with Gasteiger partial charge in [-0.05, 0) is 0 Å². The lowest BCUT2D eigenvalue weighted by molar-refractivity contribution is -0.685. The van der Waals surface area contributed by atoms with Crippen LogP contribution in [0.25, 0.3) is 22.5 Å². The second-order valence-corrected chi connectivity index (χ2v) is 4.68. The van der Waals surface area contributed by atoms with Gasteiger partial charge >= 0.3 is 12.1 Å². The van der Waals surface area contributed by atoms with Crippen LogP contribution in [0.4, 0.5) is 13.2 Å². The highest BCUT2D eigenvalue weighted by atomic mass is 19.4. The Morgan fingerprint density at radius 1 is 1.19 bits per heavy atom. The van der Waals surface area contributed by atoms with Crippen molar-refractivity contribution in [3.63, 3.8) is 0 Å². The van der Waals surface area contributed by atoms with Crippen LogP contribution < -0.4 is 9.67 Å². The molecule has 0 atom stereocenters. The van der Waals surface area contributed by atoms with Crippen LogP contribution in [-0.2, 0) is 16.1 Å². The van der Waals surface area contributed by atoms with Gasteiger partial charge in [-0.25, -0.2) is 14.8 Å². The second kappa shape index (κ2) is 7.55. The molecule has 0 spiro atoms. The quantitative estimate of drug-likeness (QED) is 0.635. The van der Waals surface area contributed by atoms with E-state index in [2.05, 4.69) is 15.1 Å². The van der Waals surface area contributed by atoms with E-state index in [1.54, 1.807) is 35.3 Å². The third-order valence-corrected chi connectivity index (χ3v) is 2.83. The number of alkyl halides is 3. The standard InChI is InChI=1S/C12H8N4O3.C2HF3O2/c17-9(18)7-16-5-1-8(2-6-16)10-11-12(19-15-10)14-4-3-13-11;3-2(4,5)1(6)7/h1-6H,7H2;(H,6,7). The monoisotopic (exact) mass is 370 g/mol. The minimum Gasteiger partial charge on any atom is -0.542 e. The molecular formula is C14H9F3N4O5. The van der Waals surface area contributed by atoms with Crippen molar-refractivity contribution < 1.29 is 42.1 Å². The molecule has 0 radical (unpaired) electrons. The van der Waals surface area contributed by atoms with E-state index in [4.69, 9.17) is 19.5 Å². The molecule has 0 unspecified atom stereocenters. The Balaban J connectivity index is 0.000000298. The molecule has 0 fully saturated rings. The number of halogens is 3. The molecule has 0 aromatic carbocycles. The molecule has 0 aliphatic rings. The van der Waals surface area contributed by atoms with Gasteiger partial charge < -0.3 is 19.5 Å². The van der Waals surface area contributed by atoms with Crippen LogP contribution in [0, 0.1) is 0 Å². The predicted molar refractivity (Wildman–Crippen MR) is 73.9 cm³/mol. The van der Waals surface area contributed by atoms with Gasteiger partial charge in [-0.1, -0.05) is 5.16 Å². The Morgan fingerprint density at radius 2 is 1.77 bits per heavy atom. The maximum atomic E-state index is 10.6. The molecule has 3 aromatic rings. The summed E-state index contributed by atoms with van der Waals surface area (Å²) >= 11 is 0. The Labute approximate surface area is 142 Å². The van der Waals surface area contributed by atoms with E-state index < -0.39 is 18.1 Å². The molecule has 3 heterocycles. The van der Waals surface area contributed by atoms with Crippen molar-refractivity contribution >= 4 is 23.2 Å². The van der Waals surface area contributed by atoms with Crippen LogP contribution in [0.15, 0.2) is 41.4 Å². The molecular weight excluding hydrogens is 361 g/mol. The van der Waals surface area contributed by atoms with Gasteiger partial charge in [-0.15, -0.1) is 0 Å². The Hall–Kier alpha value is -3.57. The number of rotatable bonds is 3. The first kappa shape index (κ1) is 18.8. The molecule has 3 rings (SSSR count). The van der Waals surface area contributed by atoms with E-state index in [0.29, 0.717) is 16.9 Å². The summed E-state index contributed by atoms with van der Waals surface area (Å²) in [7, 11) is 0. The number of hydrogen-bond acceptors (Lipinski definition) is 7. The lowest BCUT2D eigenvalue weighted by Gasteiger charge is -2.03. The van der Waals surface area contributed by atoms with E-state index in [1.807, 2.05) is 0 Å². The number of carboxylic acids is 2. The Morgan fingerprint density at radius 3 is 2.31 bits per heavy atom. The molecule has 0 aliphatic carbocycles. The maximum Gasteiger partial charge on any atom is 0.430 e. The second-order valence-electron chi connectivity index (χ2n) is 4.68. The van der Waals surface area contributed by atoms with Crippen LogP contribution in [0.3, 0.4) is 0 Å². The number of nitrogens with zero attached hydrogens (tertiary/aromatic N) is 4. The first-order chi connectivity index (χ1) is 12.2. The summed E-state index contributed by atoms with van der Waals surface area (Å²) in [5, 5.41) is 21.4. The SMILES string of the molecule is O=C(O)C[n+]1ccc(-c2noc3nccnc23)cc1.O=C([O-])C(F)(F)F. The van der Waals surface area contributed by atoms with Gasteiger partial charge in [0.15, 0.2) is 17.9 Å². The number of carboxylic acid groups (broad SMARTS) is 2. The fraction of sp³-hybridized carbons (Fsp3) is 0.143. The lowest BCUT2D eigenvalue weighted by atomic mass is 10.2. The van der Waals surface area contributed by atoms with Gasteiger partial charge in [0.05, 0.1) is 0 Å². The highest BCUT2D eigenvalue weighted by molar-refractivity contribution is 5.85. The van der Waals surface area contributed by atoms with Gasteiger partial charge in [0.25, 0.3) is 5.71 Å². The van der Waals surface area contributed by atoms with Crippen molar-refractivity contribution in [2.75, 3.05) is 0 Å². The number of aliphatic carboxylic acids is 2. The third kappa shape index (κ3) is 4.72. The lowest BCUT2D eigenvalue weighted by Crippen LogP contribution is -2.37. The van der Waals surface area contributed by atoms with Gasteiger partial charge in [0.2, 0.25) is 6.54 Å². The molecule has 0 amide bonds. The molecule has 26 heavy (non-hydrogen) atoms. The number of carbonyl (C=O) groups is 2. The number of hydrogen-bond donors (Lipinski definition) is 1. The predicted octanol–water partition coefficient (Wildman–Crippen LogP) is -0.0445. The maximum absolute atomic E-state index is 10.6. The molecule has 1 N–H and O–H groups in total. The van der Waals surface area contributed by atoms with Crippen molar-refractivity contribution in [3.05, 3.63) is 36.9 Å². The van der Waals surface area contributed by atoms with Crippen LogP contribution in [0.2, 0.25) is 0 Å². The summed E-state index contributed by atoms with van der Waals surface area (Å²) in [4.78, 5) is 27.6. The van der Waals surface area contributed by atoms with Crippen LogP contribution in [-0.4, -0.2) is 38.3 Å². The third-order valence-electron chi connectivity index (χ3n) is 2.83. The van der Waals surface area contributed by atoms with Crippen LogP contribution in [0.1, 0.15) is 0 Å². The normalized spacial score (nSPS) is 10.9. The summed E-state index contributed by atoms with van der Waals surface area (Å²) in [6.07, 6.45) is 1.24. The number of pyridine rings is 1. The average Bonchev–Trinajstić information content (AvgIpc) is 2.99. The zero-order valence-electron chi connectivity index (χ0n) is 12.7. The Bertz CT molecular complexity index is 924. The van der Waals surface area contributed by atoms with E-state index in [0.717, 1.165) is 5.56 Å². The van der Waals surface area contributed by atoms with Crippen LogP contribution >= 0.6 is 0 Å². The van der Waals surface area contributed by atoms with Gasteiger partial charge in [0, 0.05) is 30.1 Å². The van der Waals surface area contributed by atoms with E-state index >= 15 is 0 Å².